The van der Waals surface area contributed by atoms with E-state index < -0.39 is 0 Å². The lowest BCUT2D eigenvalue weighted by atomic mass is 10.2. The first-order valence-corrected chi connectivity index (χ1v) is 8.22. The smallest absolute Gasteiger partial charge is 0.268 e. The standard InChI is InChI=1S/C18H16Cl2N2O2/c1-22-16-7-4-14(20)10-12(16)11-17(22)18(23)21-8-9-24-15-5-2-13(19)3-6-15/h2-7,10-11H,8-9H2,1H3,(H,21,23). The number of fused-ring (bicyclic) bond motifs is 1. The number of aromatic nitrogens is 1. The van der Waals surface area contributed by atoms with Gasteiger partial charge in [0.25, 0.3) is 5.91 Å². The molecule has 0 bridgehead atoms. The van der Waals surface area contributed by atoms with E-state index in [1.165, 1.54) is 0 Å². The van der Waals surface area contributed by atoms with Gasteiger partial charge in [0, 0.05) is 28.0 Å². The number of carbonyl (C=O) groups excluding carboxylic acids is 1. The van der Waals surface area contributed by atoms with Gasteiger partial charge < -0.3 is 14.6 Å². The molecule has 3 rings (SSSR count). The highest BCUT2D eigenvalue weighted by atomic mass is 35.5. The third-order valence-electron chi connectivity index (χ3n) is 3.71. The second-order valence-electron chi connectivity index (χ2n) is 5.35. The maximum absolute atomic E-state index is 12.3. The van der Waals surface area contributed by atoms with Gasteiger partial charge in [-0.05, 0) is 48.5 Å². The molecule has 124 valence electrons. The van der Waals surface area contributed by atoms with Crippen molar-refractivity contribution in [3.05, 3.63) is 64.3 Å². The molecule has 0 aliphatic rings. The highest BCUT2D eigenvalue weighted by Crippen LogP contribution is 2.22. The summed E-state index contributed by atoms with van der Waals surface area (Å²) in [5, 5.41) is 5.10. The third kappa shape index (κ3) is 3.66. The minimum Gasteiger partial charge on any atom is -0.492 e. The number of hydrogen-bond acceptors (Lipinski definition) is 2. The fourth-order valence-corrected chi connectivity index (χ4v) is 2.80. The van der Waals surface area contributed by atoms with Crippen LogP contribution < -0.4 is 10.1 Å². The molecular formula is C18H16Cl2N2O2. The number of ether oxygens (including phenoxy) is 1. The Morgan fingerprint density at radius 3 is 2.54 bits per heavy atom. The fourth-order valence-electron chi connectivity index (χ4n) is 2.49. The Kier molecular flexibility index (Phi) is 4.97. The minimum atomic E-state index is -0.149. The number of rotatable bonds is 5. The topological polar surface area (TPSA) is 43.3 Å². The average Bonchev–Trinajstić information content (AvgIpc) is 2.89. The van der Waals surface area contributed by atoms with Gasteiger partial charge >= 0.3 is 0 Å². The Morgan fingerprint density at radius 2 is 1.79 bits per heavy atom. The molecule has 0 aliphatic carbocycles. The van der Waals surface area contributed by atoms with Gasteiger partial charge in [-0.2, -0.15) is 0 Å². The monoisotopic (exact) mass is 362 g/mol. The van der Waals surface area contributed by atoms with Crippen molar-refractivity contribution in [1.29, 1.82) is 0 Å². The van der Waals surface area contributed by atoms with Crippen LogP contribution in [0.15, 0.2) is 48.5 Å². The van der Waals surface area contributed by atoms with Gasteiger partial charge in [-0.3, -0.25) is 4.79 Å². The Hall–Kier alpha value is -2.17. The summed E-state index contributed by atoms with van der Waals surface area (Å²) < 4.78 is 7.40. The van der Waals surface area contributed by atoms with Crippen LogP contribution in [-0.4, -0.2) is 23.6 Å². The normalized spacial score (nSPS) is 10.8. The van der Waals surface area contributed by atoms with Crippen LogP contribution in [0.2, 0.25) is 10.0 Å². The van der Waals surface area contributed by atoms with E-state index in [9.17, 15) is 4.79 Å². The largest absolute Gasteiger partial charge is 0.492 e. The molecule has 0 radical (unpaired) electrons. The van der Waals surface area contributed by atoms with Crippen LogP contribution in [0.25, 0.3) is 10.9 Å². The molecule has 1 amide bonds. The maximum Gasteiger partial charge on any atom is 0.268 e. The average molecular weight is 363 g/mol. The molecule has 0 spiro atoms. The quantitative estimate of drug-likeness (QED) is 0.687. The highest BCUT2D eigenvalue weighted by Gasteiger charge is 2.13. The van der Waals surface area contributed by atoms with Crippen molar-refractivity contribution in [2.75, 3.05) is 13.2 Å². The van der Waals surface area contributed by atoms with E-state index in [-0.39, 0.29) is 5.91 Å². The summed E-state index contributed by atoms with van der Waals surface area (Å²) in [6, 6.07) is 14.5. The van der Waals surface area contributed by atoms with E-state index in [4.69, 9.17) is 27.9 Å². The van der Waals surface area contributed by atoms with Gasteiger partial charge in [0.1, 0.15) is 18.1 Å². The molecule has 6 heteroatoms. The van der Waals surface area contributed by atoms with Gasteiger partial charge in [0.05, 0.1) is 6.54 Å². The molecule has 0 unspecified atom stereocenters. The van der Waals surface area contributed by atoms with Crippen molar-refractivity contribution in [3.63, 3.8) is 0 Å². The number of nitrogens with zero attached hydrogens (tertiary/aromatic N) is 1. The second-order valence-corrected chi connectivity index (χ2v) is 6.22. The van der Waals surface area contributed by atoms with Gasteiger partial charge in [0.2, 0.25) is 0 Å². The Balaban J connectivity index is 1.59. The Bertz CT molecular complexity index is 873. The van der Waals surface area contributed by atoms with Crippen LogP contribution >= 0.6 is 23.2 Å². The lowest BCUT2D eigenvalue weighted by Crippen LogP contribution is -2.29. The molecule has 0 saturated heterocycles. The highest BCUT2D eigenvalue weighted by molar-refractivity contribution is 6.31. The van der Waals surface area contributed by atoms with Gasteiger partial charge in [-0.15, -0.1) is 0 Å². The van der Waals surface area contributed by atoms with Crippen molar-refractivity contribution in [2.24, 2.45) is 7.05 Å². The lowest BCUT2D eigenvalue weighted by Gasteiger charge is -2.08. The lowest BCUT2D eigenvalue weighted by molar-refractivity contribution is 0.0939. The number of aryl methyl sites for hydroxylation is 1. The van der Waals surface area contributed by atoms with Gasteiger partial charge in [-0.25, -0.2) is 0 Å². The molecule has 0 atom stereocenters. The SMILES string of the molecule is Cn1c(C(=O)NCCOc2ccc(Cl)cc2)cc2cc(Cl)ccc21. The number of nitrogens with one attached hydrogen (secondary N) is 1. The van der Waals surface area contributed by atoms with E-state index in [2.05, 4.69) is 5.32 Å². The van der Waals surface area contributed by atoms with Crippen LogP contribution in [0.1, 0.15) is 10.5 Å². The van der Waals surface area contributed by atoms with Gasteiger partial charge in [0.15, 0.2) is 0 Å². The summed E-state index contributed by atoms with van der Waals surface area (Å²) >= 11 is 11.8. The number of benzene rings is 2. The molecule has 0 saturated carbocycles. The molecule has 1 aromatic heterocycles. The van der Waals surface area contributed by atoms with Crippen LogP contribution in [0.4, 0.5) is 0 Å². The van der Waals surface area contributed by atoms with Crippen LogP contribution in [-0.2, 0) is 7.05 Å². The summed E-state index contributed by atoms with van der Waals surface area (Å²) in [5.74, 6) is 0.567. The van der Waals surface area contributed by atoms with Crippen molar-refractivity contribution >= 4 is 40.0 Å². The summed E-state index contributed by atoms with van der Waals surface area (Å²) in [6.45, 7) is 0.785. The zero-order chi connectivity index (χ0) is 17.1. The fraction of sp³-hybridized carbons (Fsp3) is 0.167. The van der Waals surface area contributed by atoms with E-state index in [1.807, 2.05) is 35.9 Å². The van der Waals surface area contributed by atoms with Crippen LogP contribution in [0, 0.1) is 0 Å². The number of carbonyl (C=O) groups is 1. The third-order valence-corrected chi connectivity index (χ3v) is 4.19. The zero-order valence-corrected chi connectivity index (χ0v) is 14.6. The Morgan fingerprint density at radius 1 is 1.08 bits per heavy atom. The van der Waals surface area contributed by atoms with E-state index in [1.54, 1.807) is 24.3 Å². The molecule has 0 fully saturated rings. The van der Waals surface area contributed by atoms with Gasteiger partial charge in [-0.1, -0.05) is 23.2 Å². The number of amides is 1. The zero-order valence-electron chi connectivity index (χ0n) is 13.1. The second kappa shape index (κ2) is 7.16. The van der Waals surface area contributed by atoms with E-state index >= 15 is 0 Å². The van der Waals surface area contributed by atoms with Crippen LogP contribution in [0.5, 0.6) is 5.75 Å². The molecule has 3 aromatic rings. The Labute approximate surface area is 149 Å². The number of halogens is 2. The van der Waals surface area contributed by atoms with Crippen molar-refractivity contribution in [3.8, 4) is 5.75 Å². The predicted octanol–water partition coefficient (Wildman–Crippen LogP) is 4.29. The molecule has 2 aromatic carbocycles. The van der Waals surface area contributed by atoms with Crippen molar-refractivity contribution in [2.45, 2.75) is 0 Å². The molecule has 1 N–H and O–H groups in total. The van der Waals surface area contributed by atoms with Crippen molar-refractivity contribution < 1.29 is 9.53 Å². The van der Waals surface area contributed by atoms with E-state index in [0.29, 0.717) is 34.6 Å². The summed E-state index contributed by atoms with van der Waals surface area (Å²) in [5.41, 5.74) is 1.54. The molecule has 0 aliphatic heterocycles. The summed E-state index contributed by atoms with van der Waals surface area (Å²) in [4.78, 5) is 12.3. The number of hydrogen-bond donors (Lipinski definition) is 1. The summed E-state index contributed by atoms with van der Waals surface area (Å²) in [6.07, 6.45) is 0. The first-order chi connectivity index (χ1) is 11.5. The molecular weight excluding hydrogens is 347 g/mol. The first kappa shape index (κ1) is 16.7. The van der Waals surface area contributed by atoms with E-state index in [0.717, 1.165) is 10.9 Å². The first-order valence-electron chi connectivity index (χ1n) is 7.46. The summed E-state index contributed by atoms with van der Waals surface area (Å²) in [7, 11) is 1.86. The molecule has 24 heavy (non-hydrogen) atoms. The van der Waals surface area contributed by atoms with Crippen LogP contribution in [0.3, 0.4) is 0 Å². The van der Waals surface area contributed by atoms with Crippen molar-refractivity contribution in [1.82, 2.24) is 9.88 Å². The predicted molar refractivity (Wildman–Crippen MR) is 97.2 cm³/mol. The minimum absolute atomic E-state index is 0.149. The molecule has 4 nitrogen and oxygen atoms in total. The maximum atomic E-state index is 12.3. The molecule has 1 heterocycles.